The maximum Gasteiger partial charge on any atom is 0.222 e. The molecule has 3 nitrogen and oxygen atoms in total. The lowest BCUT2D eigenvalue weighted by atomic mass is 9.97. The van der Waals surface area contributed by atoms with Gasteiger partial charge in [-0.3, -0.25) is 4.79 Å². The predicted molar refractivity (Wildman–Crippen MR) is 79.6 cm³/mol. The van der Waals surface area contributed by atoms with Gasteiger partial charge >= 0.3 is 0 Å². The first-order valence-electron chi connectivity index (χ1n) is 7.19. The van der Waals surface area contributed by atoms with E-state index in [4.69, 9.17) is 0 Å². The van der Waals surface area contributed by atoms with Crippen LogP contribution in [-0.2, 0) is 4.79 Å². The van der Waals surface area contributed by atoms with Crippen LogP contribution in [0.15, 0.2) is 0 Å². The van der Waals surface area contributed by atoms with Crippen LogP contribution in [0.1, 0.15) is 54.6 Å². The van der Waals surface area contributed by atoms with Crippen molar-refractivity contribution in [3.8, 4) is 0 Å². The summed E-state index contributed by atoms with van der Waals surface area (Å²) in [5.74, 6) is 1.33. The zero-order valence-electron chi connectivity index (χ0n) is 12.4. The van der Waals surface area contributed by atoms with Crippen molar-refractivity contribution in [2.75, 3.05) is 13.1 Å². The van der Waals surface area contributed by atoms with Crippen molar-refractivity contribution in [2.45, 2.75) is 52.9 Å². The Balaban J connectivity index is 1.90. The van der Waals surface area contributed by atoms with E-state index in [0.29, 0.717) is 24.2 Å². The first-order valence-corrected chi connectivity index (χ1v) is 8.00. The third-order valence-electron chi connectivity index (χ3n) is 3.82. The Morgan fingerprint density at radius 2 is 2.00 bits per heavy atom. The summed E-state index contributed by atoms with van der Waals surface area (Å²) in [6.07, 6.45) is 2.81. The van der Waals surface area contributed by atoms with Crippen molar-refractivity contribution in [1.82, 2.24) is 9.88 Å². The minimum absolute atomic E-state index is 0.319. The molecule has 0 radical (unpaired) electrons. The number of nitrogens with zero attached hydrogens (tertiary/aromatic N) is 2. The fourth-order valence-electron chi connectivity index (χ4n) is 2.53. The van der Waals surface area contributed by atoms with Crippen LogP contribution >= 0.6 is 11.3 Å². The highest BCUT2D eigenvalue weighted by Crippen LogP contribution is 2.32. The number of carbonyl (C=O) groups excluding carboxylic acids is 1. The van der Waals surface area contributed by atoms with Crippen LogP contribution in [0.3, 0.4) is 0 Å². The molecule has 1 aromatic rings. The summed E-state index contributed by atoms with van der Waals surface area (Å²) in [6, 6.07) is 0. The Morgan fingerprint density at radius 3 is 2.47 bits per heavy atom. The molecule has 0 aliphatic carbocycles. The van der Waals surface area contributed by atoms with Gasteiger partial charge in [-0.15, -0.1) is 11.3 Å². The van der Waals surface area contributed by atoms with E-state index < -0.39 is 0 Å². The zero-order chi connectivity index (χ0) is 14.0. The number of hydrogen-bond acceptors (Lipinski definition) is 3. The standard InChI is InChI=1S/C15H24N2OS/c1-10(2)9-14(18)17-7-5-13(6-8-17)15-16-11(3)12(4)19-15/h10,13H,5-9H2,1-4H3. The Kier molecular flexibility index (Phi) is 4.61. The van der Waals surface area contributed by atoms with Crippen molar-refractivity contribution >= 4 is 17.2 Å². The lowest BCUT2D eigenvalue weighted by Gasteiger charge is -2.31. The number of carbonyl (C=O) groups is 1. The van der Waals surface area contributed by atoms with Gasteiger partial charge in [0.25, 0.3) is 0 Å². The topological polar surface area (TPSA) is 33.2 Å². The van der Waals surface area contributed by atoms with E-state index in [1.807, 2.05) is 16.2 Å². The van der Waals surface area contributed by atoms with Gasteiger partial charge in [-0.2, -0.15) is 0 Å². The lowest BCUT2D eigenvalue weighted by molar-refractivity contribution is -0.133. The van der Waals surface area contributed by atoms with Crippen LogP contribution < -0.4 is 0 Å². The van der Waals surface area contributed by atoms with Crippen molar-refractivity contribution < 1.29 is 4.79 Å². The normalized spacial score (nSPS) is 17.2. The number of aryl methyl sites for hydroxylation is 2. The summed E-state index contributed by atoms with van der Waals surface area (Å²) in [6.45, 7) is 10.2. The van der Waals surface area contributed by atoms with Gasteiger partial charge in [0.1, 0.15) is 0 Å². The minimum atomic E-state index is 0.319. The third-order valence-corrected chi connectivity index (χ3v) is 5.06. The Labute approximate surface area is 120 Å². The molecule has 0 N–H and O–H groups in total. The van der Waals surface area contributed by atoms with Crippen molar-refractivity contribution in [3.63, 3.8) is 0 Å². The summed E-state index contributed by atoms with van der Waals surface area (Å²) in [5.41, 5.74) is 1.17. The SMILES string of the molecule is Cc1nc(C2CCN(C(=O)CC(C)C)CC2)sc1C. The molecule has 1 aromatic heterocycles. The van der Waals surface area contributed by atoms with Gasteiger partial charge in [0.15, 0.2) is 0 Å². The van der Waals surface area contributed by atoms with Gasteiger partial charge in [0.2, 0.25) is 5.91 Å². The van der Waals surface area contributed by atoms with Crippen LogP contribution in [0.25, 0.3) is 0 Å². The Morgan fingerprint density at radius 1 is 1.37 bits per heavy atom. The van der Waals surface area contributed by atoms with Gasteiger partial charge in [-0.05, 0) is 32.6 Å². The molecule has 1 aliphatic heterocycles. The number of piperidine rings is 1. The second kappa shape index (κ2) is 6.04. The van der Waals surface area contributed by atoms with Gasteiger partial charge in [-0.1, -0.05) is 13.8 Å². The number of thiazole rings is 1. The van der Waals surface area contributed by atoms with E-state index in [1.165, 1.54) is 15.6 Å². The second-order valence-corrected chi connectivity index (χ2v) is 7.18. The van der Waals surface area contributed by atoms with Crippen molar-refractivity contribution in [3.05, 3.63) is 15.6 Å². The van der Waals surface area contributed by atoms with E-state index in [9.17, 15) is 4.79 Å². The van der Waals surface area contributed by atoms with Gasteiger partial charge in [0, 0.05) is 30.3 Å². The maximum atomic E-state index is 12.0. The van der Waals surface area contributed by atoms with E-state index in [2.05, 4.69) is 32.7 Å². The summed E-state index contributed by atoms with van der Waals surface area (Å²) in [5, 5.41) is 1.27. The van der Waals surface area contributed by atoms with Crippen LogP contribution in [0.4, 0.5) is 0 Å². The monoisotopic (exact) mass is 280 g/mol. The quantitative estimate of drug-likeness (QED) is 0.849. The summed E-state index contributed by atoms with van der Waals surface area (Å²) >= 11 is 1.83. The Bertz CT molecular complexity index is 425. The summed E-state index contributed by atoms with van der Waals surface area (Å²) in [4.78, 5) is 20.0. The van der Waals surface area contributed by atoms with E-state index in [0.717, 1.165) is 25.9 Å². The average Bonchev–Trinajstić information content (AvgIpc) is 2.69. The highest BCUT2D eigenvalue weighted by Gasteiger charge is 2.26. The third kappa shape index (κ3) is 3.56. The summed E-state index contributed by atoms with van der Waals surface area (Å²) < 4.78 is 0. The van der Waals surface area contributed by atoms with E-state index in [-0.39, 0.29) is 0 Å². The number of amides is 1. The van der Waals surface area contributed by atoms with Crippen LogP contribution in [0.2, 0.25) is 0 Å². The molecule has 1 saturated heterocycles. The summed E-state index contributed by atoms with van der Waals surface area (Å²) in [7, 11) is 0. The van der Waals surface area contributed by atoms with E-state index in [1.54, 1.807) is 0 Å². The molecule has 19 heavy (non-hydrogen) atoms. The van der Waals surface area contributed by atoms with Gasteiger partial charge in [0.05, 0.1) is 10.7 Å². The molecule has 2 heterocycles. The largest absolute Gasteiger partial charge is 0.343 e. The highest BCUT2D eigenvalue weighted by molar-refractivity contribution is 7.11. The van der Waals surface area contributed by atoms with Crippen LogP contribution in [0.5, 0.6) is 0 Å². The number of hydrogen-bond donors (Lipinski definition) is 0. The zero-order valence-corrected chi connectivity index (χ0v) is 13.2. The molecule has 106 valence electrons. The van der Waals surface area contributed by atoms with Crippen LogP contribution in [0, 0.1) is 19.8 Å². The van der Waals surface area contributed by atoms with Crippen LogP contribution in [-0.4, -0.2) is 28.9 Å². The molecular formula is C15H24N2OS. The molecule has 1 aliphatic rings. The molecule has 0 atom stereocenters. The second-order valence-electron chi connectivity index (χ2n) is 5.95. The lowest BCUT2D eigenvalue weighted by Crippen LogP contribution is -2.38. The number of rotatable bonds is 3. The molecule has 0 saturated carbocycles. The smallest absolute Gasteiger partial charge is 0.222 e. The Hall–Kier alpha value is -0.900. The highest BCUT2D eigenvalue weighted by atomic mass is 32.1. The predicted octanol–water partition coefficient (Wildman–Crippen LogP) is 3.51. The molecule has 1 fully saturated rings. The number of aromatic nitrogens is 1. The molecule has 1 amide bonds. The first kappa shape index (κ1) is 14.5. The average molecular weight is 280 g/mol. The van der Waals surface area contributed by atoms with Crippen molar-refractivity contribution in [1.29, 1.82) is 0 Å². The molecule has 0 unspecified atom stereocenters. The van der Waals surface area contributed by atoms with E-state index >= 15 is 0 Å². The minimum Gasteiger partial charge on any atom is -0.343 e. The maximum absolute atomic E-state index is 12.0. The molecule has 4 heteroatoms. The molecule has 0 aromatic carbocycles. The first-order chi connectivity index (χ1) is 8.97. The number of likely N-dealkylation sites (tertiary alicyclic amines) is 1. The fraction of sp³-hybridized carbons (Fsp3) is 0.733. The van der Waals surface area contributed by atoms with Gasteiger partial charge < -0.3 is 4.90 Å². The molecule has 0 bridgehead atoms. The van der Waals surface area contributed by atoms with Gasteiger partial charge in [-0.25, -0.2) is 4.98 Å². The fourth-order valence-corrected chi connectivity index (χ4v) is 3.62. The molecule has 0 spiro atoms. The molecular weight excluding hydrogens is 256 g/mol. The molecule has 2 rings (SSSR count). The van der Waals surface area contributed by atoms with Crippen molar-refractivity contribution in [2.24, 2.45) is 5.92 Å².